The largest absolute Gasteiger partial charge is 0.503 e. The highest BCUT2D eigenvalue weighted by molar-refractivity contribution is 5.29. The summed E-state index contributed by atoms with van der Waals surface area (Å²) < 4.78 is 26.0. The zero-order valence-electron chi connectivity index (χ0n) is 9.56. The predicted octanol–water partition coefficient (Wildman–Crippen LogP) is 2.95. The lowest BCUT2D eigenvalue weighted by Crippen LogP contribution is -2.25. The van der Waals surface area contributed by atoms with Crippen LogP contribution in [0.2, 0.25) is 0 Å². The molecule has 2 nitrogen and oxygen atoms in total. The first-order chi connectivity index (χ1) is 7.54. The quantitative estimate of drug-likeness (QED) is 0.813. The van der Waals surface area contributed by atoms with Gasteiger partial charge in [-0.05, 0) is 31.0 Å². The topological polar surface area (TPSA) is 32.3 Å². The fourth-order valence-electron chi connectivity index (χ4n) is 1.55. The molecule has 0 aromatic heterocycles. The van der Waals surface area contributed by atoms with Crippen LogP contribution in [0, 0.1) is 11.6 Å². The van der Waals surface area contributed by atoms with Crippen molar-refractivity contribution < 1.29 is 13.9 Å². The highest BCUT2D eigenvalue weighted by Crippen LogP contribution is 2.21. The molecule has 0 aliphatic carbocycles. The molecule has 1 atom stereocenters. The Balaban J connectivity index is 2.61. The van der Waals surface area contributed by atoms with Crippen LogP contribution < -0.4 is 5.32 Å². The van der Waals surface area contributed by atoms with Crippen LogP contribution in [0.1, 0.15) is 32.3 Å². The first-order valence-corrected chi connectivity index (χ1v) is 5.44. The zero-order chi connectivity index (χ0) is 12.1. The van der Waals surface area contributed by atoms with Gasteiger partial charge in [-0.25, -0.2) is 8.78 Å². The number of halogens is 2. The van der Waals surface area contributed by atoms with Crippen LogP contribution in [-0.2, 0) is 6.54 Å². The third-order valence-electron chi connectivity index (χ3n) is 2.45. The second-order valence-electron chi connectivity index (χ2n) is 3.98. The monoisotopic (exact) mass is 229 g/mol. The first kappa shape index (κ1) is 12.9. The maximum absolute atomic E-state index is 13.0. The maximum atomic E-state index is 13.0. The summed E-state index contributed by atoms with van der Waals surface area (Å²) >= 11 is 0. The number of aromatic hydroxyl groups is 1. The van der Waals surface area contributed by atoms with Crippen molar-refractivity contribution in [3.8, 4) is 5.75 Å². The van der Waals surface area contributed by atoms with Crippen molar-refractivity contribution in [3.05, 3.63) is 29.3 Å². The van der Waals surface area contributed by atoms with E-state index in [-0.39, 0.29) is 0 Å². The summed E-state index contributed by atoms with van der Waals surface area (Å²) in [5, 5.41) is 12.1. The van der Waals surface area contributed by atoms with Gasteiger partial charge in [0.25, 0.3) is 0 Å². The van der Waals surface area contributed by atoms with Crippen LogP contribution in [0.5, 0.6) is 5.75 Å². The number of hydrogen-bond donors (Lipinski definition) is 2. The van der Waals surface area contributed by atoms with Gasteiger partial charge in [-0.15, -0.1) is 0 Å². The molecule has 1 unspecified atom stereocenters. The van der Waals surface area contributed by atoms with Gasteiger partial charge in [0.15, 0.2) is 17.4 Å². The summed E-state index contributed by atoms with van der Waals surface area (Å²) in [5.41, 5.74) is 0.496. The predicted molar refractivity (Wildman–Crippen MR) is 59.2 cm³/mol. The third-order valence-corrected chi connectivity index (χ3v) is 2.45. The number of phenolic OH excluding ortho intramolecular Hbond substituents is 1. The van der Waals surface area contributed by atoms with Gasteiger partial charge in [0.1, 0.15) is 0 Å². The van der Waals surface area contributed by atoms with E-state index in [9.17, 15) is 8.78 Å². The summed E-state index contributed by atoms with van der Waals surface area (Å²) in [6, 6.07) is 2.60. The third kappa shape index (κ3) is 3.45. The molecule has 0 heterocycles. The van der Waals surface area contributed by atoms with Gasteiger partial charge in [0.2, 0.25) is 0 Å². The van der Waals surface area contributed by atoms with Gasteiger partial charge in [0, 0.05) is 12.6 Å². The summed E-state index contributed by atoms with van der Waals surface area (Å²) in [5.74, 6) is -2.75. The second-order valence-corrected chi connectivity index (χ2v) is 3.98. The molecule has 1 aromatic carbocycles. The molecule has 90 valence electrons. The highest BCUT2D eigenvalue weighted by Gasteiger charge is 2.09. The van der Waals surface area contributed by atoms with E-state index in [4.69, 9.17) is 5.11 Å². The van der Waals surface area contributed by atoms with Crippen LogP contribution in [0.4, 0.5) is 8.78 Å². The summed E-state index contributed by atoms with van der Waals surface area (Å²) in [7, 11) is 0. The Hall–Kier alpha value is -1.16. The van der Waals surface area contributed by atoms with Crippen molar-refractivity contribution in [1.29, 1.82) is 0 Å². The molecule has 1 aromatic rings. The standard InChI is InChI=1S/C12H17F2NO/c1-3-4-8(2)15-7-9-5-10(13)12(16)11(14)6-9/h5-6,8,15-16H,3-4,7H2,1-2H3. The molecule has 0 saturated carbocycles. The molecule has 0 saturated heterocycles. The average Bonchev–Trinajstić information content (AvgIpc) is 2.23. The molecule has 0 aliphatic rings. The molecule has 0 spiro atoms. The Morgan fingerprint density at radius 2 is 1.88 bits per heavy atom. The molecule has 0 bridgehead atoms. The lowest BCUT2D eigenvalue weighted by Gasteiger charge is -2.12. The number of hydrogen-bond acceptors (Lipinski definition) is 2. The number of phenols is 1. The summed E-state index contributed by atoms with van der Waals surface area (Å²) in [4.78, 5) is 0. The molecule has 4 heteroatoms. The van der Waals surface area contributed by atoms with Crippen molar-refractivity contribution in [2.24, 2.45) is 0 Å². The van der Waals surface area contributed by atoms with E-state index < -0.39 is 17.4 Å². The van der Waals surface area contributed by atoms with Crippen LogP contribution in [-0.4, -0.2) is 11.1 Å². The van der Waals surface area contributed by atoms with Gasteiger partial charge >= 0.3 is 0 Å². The number of rotatable bonds is 5. The Labute approximate surface area is 94.3 Å². The Morgan fingerprint density at radius 3 is 2.38 bits per heavy atom. The van der Waals surface area contributed by atoms with Crippen molar-refractivity contribution >= 4 is 0 Å². The fourth-order valence-corrected chi connectivity index (χ4v) is 1.55. The van der Waals surface area contributed by atoms with E-state index in [1.165, 1.54) is 0 Å². The van der Waals surface area contributed by atoms with E-state index in [1.54, 1.807) is 0 Å². The van der Waals surface area contributed by atoms with E-state index in [2.05, 4.69) is 12.2 Å². The van der Waals surface area contributed by atoms with Crippen LogP contribution >= 0.6 is 0 Å². The van der Waals surface area contributed by atoms with Gasteiger partial charge < -0.3 is 10.4 Å². The van der Waals surface area contributed by atoms with Crippen molar-refractivity contribution in [2.75, 3.05) is 0 Å². The second kappa shape index (κ2) is 5.80. The van der Waals surface area contributed by atoms with Crippen LogP contribution in [0.15, 0.2) is 12.1 Å². The Bertz CT molecular complexity index is 332. The van der Waals surface area contributed by atoms with Crippen molar-refractivity contribution in [1.82, 2.24) is 5.32 Å². The molecule has 1 rings (SSSR count). The number of benzene rings is 1. The van der Waals surface area contributed by atoms with Gasteiger partial charge in [0.05, 0.1) is 0 Å². The van der Waals surface area contributed by atoms with Crippen LogP contribution in [0.3, 0.4) is 0 Å². The number of nitrogens with one attached hydrogen (secondary N) is 1. The van der Waals surface area contributed by atoms with Gasteiger partial charge in [-0.3, -0.25) is 0 Å². The molecule has 0 fully saturated rings. The molecule has 0 radical (unpaired) electrons. The minimum Gasteiger partial charge on any atom is -0.503 e. The molecular weight excluding hydrogens is 212 g/mol. The zero-order valence-corrected chi connectivity index (χ0v) is 9.56. The average molecular weight is 229 g/mol. The van der Waals surface area contributed by atoms with Crippen molar-refractivity contribution in [2.45, 2.75) is 39.3 Å². The lowest BCUT2D eigenvalue weighted by molar-refractivity contribution is 0.394. The van der Waals surface area contributed by atoms with Crippen LogP contribution in [0.25, 0.3) is 0 Å². The van der Waals surface area contributed by atoms with E-state index >= 15 is 0 Å². The van der Waals surface area contributed by atoms with E-state index in [0.717, 1.165) is 25.0 Å². The highest BCUT2D eigenvalue weighted by atomic mass is 19.1. The molecule has 0 amide bonds. The van der Waals surface area contributed by atoms with E-state index in [1.807, 2.05) is 6.92 Å². The summed E-state index contributed by atoms with van der Waals surface area (Å²) in [6.45, 7) is 4.50. The Kier molecular flexibility index (Phi) is 4.68. The molecule has 2 N–H and O–H groups in total. The van der Waals surface area contributed by atoms with Gasteiger partial charge in [-0.1, -0.05) is 13.3 Å². The normalized spacial score (nSPS) is 12.8. The smallest absolute Gasteiger partial charge is 0.187 e. The minimum atomic E-state index is -0.917. The summed E-state index contributed by atoms with van der Waals surface area (Å²) in [6.07, 6.45) is 2.08. The molecular formula is C12H17F2NO. The minimum absolute atomic E-state index is 0.310. The van der Waals surface area contributed by atoms with Gasteiger partial charge in [-0.2, -0.15) is 0 Å². The first-order valence-electron chi connectivity index (χ1n) is 5.44. The SMILES string of the molecule is CCCC(C)NCc1cc(F)c(O)c(F)c1. The van der Waals surface area contributed by atoms with E-state index in [0.29, 0.717) is 18.2 Å². The maximum Gasteiger partial charge on any atom is 0.187 e. The molecule has 16 heavy (non-hydrogen) atoms. The fraction of sp³-hybridized carbons (Fsp3) is 0.500. The van der Waals surface area contributed by atoms with Crippen molar-refractivity contribution in [3.63, 3.8) is 0 Å². The molecule has 0 aliphatic heterocycles. The lowest BCUT2D eigenvalue weighted by atomic mass is 10.1. The Morgan fingerprint density at radius 1 is 1.31 bits per heavy atom.